The quantitative estimate of drug-likeness (QED) is 0.170. The highest BCUT2D eigenvalue weighted by Gasteiger charge is 2.43. The van der Waals surface area contributed by atoms with E-state index in [4.69, 9.17) is 15.0 Å². The van der Waals surface area contributed by atoms with Crippen molar-refractivity contribution in [3.05, 3.63) is 199 Å². The summed E-state index contributed by atoms with van der Waals surface area (Å²) in [7, 11) is 0. The van der Waals surface area contributed by atoms with Crippen LogP contribution < -0.4 is 0 Å². The Labute approximate surface area is 339 Å². The van der Waals surface area contributed by atoms with Crippen LogP contribution in [0.15, 0.2) is 188 Å². The molecule has 58 heavy (non-hydrogen) atoms. The largest absolute Gasteiger partial charge is 0.208 e. The smallest absolute Gasteiger partial charge is 0.164 e. The molecule has 0 aliphatic heterocycles. The SMILES string of the molecule is c1ccc(-c2ccc(-c3nc(-c4ccccc4)nc(-c4ccc(-c5ccc(-c6ccc7c(c6)-c6ccccc6C76CCCCC6)c6ccccc56)cc4)n3)cc2)cc1. The van der Waals surface area contributed by atoms with Gasteiger partial charge in [0, 0.05) is 22.1 Å². The van der Waals surface area contributed by atoms with Gasteiger partial charge in [-0.25, -0.2) is 15.0 Å². The Bertz CT molecular complexity index is 2940. The third-order valence-electron chi connectivity index (χ3n) is 12.6. The molecule has 1 saturated carbocycles. The predicted molar refractivity (Wildman–Crippen MR) is 239 cm³/mol. The van der Waals surface area contributed by atoms with Gasteiger partial charge in [-0.2, -0.15) is 0 Å². The van der Waals surface area contributed by atoms with Crippen molar-refractivity contribution in [3.8, 4) is 78.7 Å². The molecule has 1 heterocycles. The fourth-order valence-corrected chi connectivity index (χ4v) is 9.72. The summed E-state index contributed by atoms with van der Waals surface area (Å²) in [5.41, 5.74) is 16.2. The number of benzene rings is 8. The first-order valence-corrected chi connectivity index (χ1v) is 20.6. The summed E-state index contributed by atoms with van der Waals surface area (Å²) in [6.45, 7) is 0. The Morgan fingerprint density at radius 3 is 1.34 bits per heavy atom. The Morgan fingerprint density at radius 1 is 0.293 bits per heavy atom. The van der Waals surface area contributed by atoms with Gasteiger partial charge < -0.3 is 0 Å². The normalized spacial score (nSPS) is 14.0. The maximum atomic E-state index is 5.04. The van der Waals surface area contributed by atoms with Gasteiger partial charge in [-0.3, -0.25) is 0 Å². The van der Waals surface area contributed by atoms with E-state index in [1.165, 1.54) is 87.4 Å². The number of hydrogen-bond donors (Lipinski definition) is 0. The minimum atomic E-state index is 0.168. The molecule has 1 fully saturated rings. The topological polar surface area (TPSA) is 38.7 Å². The molecular weight excluding hydrogens is 703 g/mol. The zero-order valence-corrected chi connectivity index (χ0v) is 32.3. The monoisotopic (exact) mass is 743 g/mol. The van der Waals surface area contributed by atoms with Crippen molar-refractivity contribution in [1.29, 1.82) is 0 Å². The molecule has 3 heteroatoms. The van der Waals surface area contributed by atoms with E-state index in [1.807, 2.05) is 36.4 Å². The molecule has 1 spiro atoms. The lowest BCUT2D eigenvalue weighted by Crippen LogP contribution is -2.27. The van der Waals surface area contributed by atoms with Gasteiger partial charge in [-0.1, -0.05) is 201 Å². The maximum Gasteiger partial charge on any atom is 0.164 e. The second kappa shape index (κ2) is 14.2. The van der Waals surface area contributed by atoms with E-state index in [-0.39, 0.29) is 5.41 Å². The molecular formula is C55H41N3. The summed E-state index contributed by atoms with van der Waals surface area (Å²) in [5, 5.41) is 2.50. The first-order chi connectivity index (χ1) is 28.7. The van der Waals surface area contributed by atoms with Crippen LogP contribution in [0.25, 0.3) is 89.4 Å². The molecule has 0 amide bonds. The van der Waals surface area contributed by atoms with Gasteiger partial charge in [0.1, 0.15) is 0 Å². The number of fused-ring (bicyclic) bond motifs is 6. The van der Waals surface area contributed by atoms with Crippen molar-refractivity contribution in [1.82, 2.24) is 15.0 Å². The summed E-state index contributed by atoms with van der Waals surface area (Å²) in [5.74, 6) is 1.95. The zero-order valence-electron chi connectivity index (χ0n) is 32.3. The summed E-state index contributed by atoms with van der Waals surface area (Å²) in [4.78, 5) is 15.0. The van der Waals surface area contributed by atoms with E-state index in [0.717, 1.165) is 27.8 Å². The highest BCUT2D eigenvalue weighted by Crippen LogP contribution is 2.56. The van der Waals surface area contributed by atoms with Crippen molar-refractivity contribution in [2.45, 2.75) is 37.5 Å². The first-order valence-electron chi connectivity index (χ1n) is 20.6. The second-order valence-electron chi connectivity index (χ2n) is 15.8. The maximum absolute atomic E-state index is 5.04. The molecule has 0 radical (unpaired) electrons. The third kappa shape index (κ3) is 5.85. The number of rotatable bonds is 6. The van der Waals surface area contributed by atoms with E-state index < -0.39 is 0 Å². The summed E-state index contributed by atoms with van der Waals surface area (Å²) < 4.78 is 0. The molecule has 0 atom stereocenters. The molecule has 0 saturated heterocycles. The average Bonchev–Trinajstić information content (AvgIpc) is 3.57. The molecule has 8 aromatic carbocycles. The average molecular weight is 744 g/mol. The van der Waals surface area contributed by atoms with Crippen LogP contribution in [0.5, 0.6) is 0 Å². The van der Waals surface area contributed by atoms with Crippen LogP contribution in [-0.2, 0) is 5.41 Å². The third-order valence-corrected chi connectivity index (χ3v) is 12.6. The fourth-order valence-electron chi connectivity index (χ4n) is 9.72. The number of nitrogens with zero attached hydrogens (tertiary/aromatic N) is 3. The highest BCUT2D eigenvalue weighted by molar-refractivity contribution is 6.05. The Hall–Kier alpha value is -6.97. The van der Waals surface area contributed by atoms with Crippen molar-refractivity contribution in [2.24, 2.45) is 0 Å². The summed E-state index contributed by atoms with van der Waals surface area (Å²) in [6, 6.07) is 67.7. The molecule has 0 unspecified atom stereocenters. The van der Waals surface area contributed by atoms with E-state index in [9.17, 15) is 0 Å². The summed E-state index contributed by atoms with van der Waals surface area (Å²) >= 11 is 0. The van der Waals surface area contributed by atoms with Crippen molar-refractivity contribution < 1.29 is 0 Å². The second-order valence-corrected chi connectivity index (χ2v) is 15.8. The zero-order chi connectivity index (χ0) is 38.5. The lowest BCUT2D eigenvalue weighted by Gasteiger charge is -2.36. The van der Waals surface area contributed by atoms with Gasteiger partial charge in [0.2, 0.25) is 0 Å². The fraction of sp³-hybridized carbons (Fsp3) is 0.109. The van der Waals surface area contributed by atoms with Crippen LogP contribution in [0.1, 0.15) is 43.2 Å². The molecule has 0 bridgehead atoms. The molecule has 9 aromatic rings. The predicted octanol–water partition coefficient (Wildman–Crippen LogP) is 14.3. The van der Waals surface area contributed by atoms with Crippen LogP contribution in [-0.4, -0.2) is 15.0 Å². The lowest BCUT2D eigenvalue weighted by atomic mass is 9.68. The van der Waals surface area contributed by atoms with Gasteiger partial charge in [-0.15, -0.1) is 0 Å². The van der Waals surface area contributed by atoms with Gasteiger partial charge in [0.05, 0.1) is 0 Å². The van der Waals surface area contributed by atoms with Crippen molar-refractivity contribution in [2.75, 3.05) is 0 Å². The molecule has 3 nitrogen and oxygen atoms in total. The van der Waals surface area contributed by atoms with Crippen LogP contribution >= 0.6 is 0 Å². The molecule has 2 aliphatic carbocycles. The van der Waals surface area contributed by atoms with Crippen LogP contribution in [0, 0.1) is 0 Å². The molecule has 1 aromatic heterocycles. The van der Waals surface area contributed by atoms with Gasteiger partial charge in [-0.05, 0) is 85.3 Å². The number of aromatic nitrogens is 3. The molecule has 276 valence electrons. The van der Waals surface area contributed by atoms with Crippen LogP contribution in [0.3, 0.4) is 0 Å². The van der Waals surface area contributed by atoms with Gasteiger partial charge >= 0.3 is 0 Å². The van der Waals surface area contributed by atoms with E-state index in [0.29, 0.717) is 17.5 Å². The summed E-state index contributed by atoms with van der Waals surface area (Å²) in [6.07, 6.45) is 6.45. The van der Waals surface area contributed by atoms with Crippen LogP contribution in [0.4, 0.5) is 0 Å². The minimum absolute atomic E-state index is 0.168. The Kier molecular flexibility index (Phi) is 8.40. The Morgan fingerprint density at radius 2 is 0.724 bits per heavy atom. The van der Waals surface area contributed by atoms with E-state index in [1.54, 1.807) is 0 Å². The van der Waals surface area contributed by atoms with E-state index >= 15 is 0 Å². The van der Waals surface area contributed by atoms with Crippen molar-refractivity contribution in [3.63, 3.8) is 0 Å². The van der Waals surface area contributed by atoms with Crippen LogP contribution in [0.2, 0.25) is 0 Å². The molecule has 11 rings (SSSR count). The molecule has 2 aliphatic rings. The highest BCUT2D eigenvalue weighted by atomic mass is 15.0. The van der Waals surface area contributed by atoms with E-state index in [2.05, 4.69) is 152 Å². The molecule has 0 N–H and O–H groups in total. The Balaban J connectivity index is 0.952. The first kappa shape index (κ1) is 34.3. The lowest BCUT2D eigenvalue weighted by molar-refractivity contribution is 0.353. The van der Waals surface area contributed by atoms with Gasteiger partial charge in [0.25, 0.3) is 0 Å². The number of hydrogen-bond acceptors (Lipinski definition) is 3. The standard InChI is InChI=1S/C55H41N3/c1-4-14-37(15-5-1)38-22-26-41(27-23-38)53-56-52(40-16-6-2-7-17-40)57-54(58-53)42-28-24-39(25-29-42)44-31-32-45(47-19-9-8-18-46(44)47)43-30-33-51-49(36-43)48-20-10-11-21-50(48)55(51)34-12-3-13-35-55/h1-2,4-11,14-33,36H,3,12-13,34-35H2. The van der Waals surface area contributed by atoms with Gasteiger partial charge in [0.15, 0.2) is 17.5 Å². The minimum Gasteiger partial charge on any atom is -0.208 e. The van der Waals surface area contributed by atoms with Crippen molar-refractivity contribution >= 4 is 10.8 Å².